The average molecular weight is 294 g/mol. The number of nitro benzene ring substituents is 1. The van der Waals surface area contributed by atoms with Crippen molar-refractivity contribution < 1.29 is 18.4 Å². The Bertz CT molecular complexity index is 457. The van der Waals surface area contributed by atoms with Crippen LogP contribution >= 0.6 is 11.6 Å². The Balaban J connectivity index is 2.65. The predicted molar refractivity (Wildman–Crippen MR) is 67.6 cm³/mol. The fraction of sp³-hybridized carbons (Fsp3) is 0.500. The van der Waals surface area contributed by atoms with Gasteiger partial charge in [0.1, 0.15) is 0 Å². The van der Waals surface area contributed by atoms with E-state index in [1.165, 1.54) is 0 Å². The summed E-state index contributed by atoms with van der Waals surface area (Å²) in [5.41, 5.74) is -0.902. The van der Waals surface area contributed by atoms with Crippen LogP contribution in [0.3, 0.4) is 0 Å². The van der Waals surface area contributed by atoms with Gasteiger partial charge in [-0.25, -0.2) is 4.39 Å². The first-order valence-electron chi connectivity index (χ1n) is 5.78. The lowest BCUT2D eigenvalue weighted by Crippen LogP contribution is -2.06. The largest absolute Gasteiger partial charge is 0.490 e. The second kappa shape index (κ2) is 7.23. The van der Waals surface area contributed by atoms with E-state index in [9.17, 15) is 18.9 Å². The van der Waals surface area contributed by atoms with Crippen LogP contribution in [-0.2, 0) is 0 Å². The van der Waals surface area contributed by atoms with E-state index in [1.54, 1.807) is 0 Å². The summed E-state index contributed by atoms with van der Waals surface area (Å²) in [6.07, 6.45) is 1.45. The molecule has 0 N–H and O–H groups in total. The first-order valence-corrected chi connectivity index (χ1v) is 6.31. The highest BCUT2D eigenvalue weighted by atomic mass is 35.5. The van der Waals surface area contributed by atoms with Gasteiger partial charge in [-0.05, 0) is 18.8 Å². The Morgan fingerprint density at radius 1 is 1.37 bits per heavy atom. The van der Waals surface area contributed by atoms with Crippen LogP contribution in [0.1, 0.15) is 19.8 Å². The molecule has 1 atom stereocenters. The fourth-order valence-corrected chi connectivity index (χ4v) is 1.84. The SMILES string of the molecule is CC(CCCl)CCOc1cc(F)c([N+](=O)[O-])cc1F. The maximum atomic E-state index is 13.4. The molecular formula is C12H14ClF2NO3. The molecule has 0 aromatic heterocycles. The predicted octanol–water partition coefficient (Wildman–Crippen LogP) is 3.91. The van der Waals surface area contributed by atoms with Crippen molar-refractivity contribution in [3.63, 3.8) is 0 Å². The average Bonchev–Trinajstić information content (AvgIpc) is 2.33. The molecule has 0 fully saturated rings. The first kappa shape index (κ1) is 15.6. The van der Waals surface area contributed by atoms with Gasteiger partial charge in [0.25, 0.3) is 0 Å². The maximum absolute atomic E-state index is 13.4. The smallest absolute Gasteiger partial charge is 0.307 e. The van der Waals surface area contributed by atoms with Crippen LogP contribution in [0.25, 0.3) is 0 Å². The van der Waals surface area contributed by atoms with Gasteiger partial charge in [-0.2, -0.15) is 4.39 Å². The minimum atomic E-state index is -1.12. The van der Waals surface area contributed by atoms with E-state index < -0.39 is 22.2 Å². The molecule has 0 amide bonds. The third kappa shape index (κ3) is 4.63. The van der Waals surface area contributed by atoms with Crippen LogP contribution in [0, 0.1) is 27.7 Å². The summed E-state index contributed by atoms with van der Waals surface area (Å²) in [6, 6.07) is 1.21. The van der Waals surface area contributed by atoms with E-state index in [-0.39, 0.29) is 12.4 Å². The van der Waals surface area contributed by atoms with Crippen molar-refractivity contribution in [2.45, 2.75) is 19.8 Å². The zero-order chi connectivity index (χ0) is 14.4. The van der Waals surface area contributed by atoms with Crippen molar-refractivity contribution in [2.75, 3.05) is 12.5 Å². The molecule has 0 aliphatic rings. The number of nitrogens with zero attached hydrogens (tertiary/aromatic N) is 1. The monoisotopic (exact) mass is 293 g/mol. The van der Waals surface area contributed by atoms with E-state index in [0.717, 1.165) is 6.42 Å². The molecule has 0 heterocycles. The van der Waals surface area contributed by atoms with Gasteiger partial charge in [-0.3, -0.25) is 10.1 Å². The second-order valence-corrected chi connectivity index (χ2v) is 4.59. The lowest BCUT2D eigenvalue weighted by Gasteiger charge is -2.11. The van der Waals surface area contributed by atoms with E-state index >= 15 is 0 Å². The Hall–Kier alpha value is -1.43. The molecule has 0 aliphatic carbocycles. The van der Waals surface area contributed by atoms with Gasteiger partial charge in [-0.15, -0.1) is 11.6 Å². The molecule has 0 saturated carbocycles. The number of halogens is 3. The van der Waals surface area contributed by atoms with Crippen molar-refractivity contribution in [1.29, 1.82) is 0 Å². The summed E-state index contributed by atoms with van der Waals surface area (Å²) in [5.74, 6) is -1.54. The van der Waals surface area contributed by atoms with Gasteiger partial charge in [-0.1, -0.05) is 6.92 Å². The van der Waals surface area contributed by atoms with Gasteiger partial charge in [0, 0.05) is 11.9 Å². The zero-order valence-electron chi connectivity index (χ0n) is 10.4. The van der Waals surface area contributed by atoms with Crippen molar-refractivity contribution in [3.8, 4) is 5.75 Å². The molecule has 1 aromatic rings. The third-order valence-electron chi connectivity index (χ3n) is 2.67. The number of benzene rings is 1. The lowest BCUT2D eigenvalue weighted by atomic mass is 10.1. The van der Waals surface area contributed by atoms with E-state index in [0.29, 0.717) is 30.4 Å². The van der Waals surface area contributed by atoms with Crippen LogP contribution < -0.4 is 4.74 Å². The molecule has 4 nitrogen and oxygen atoms in total. The normalized spacial score (nSPS) is 12.2. The Morgan fingerprint density at radius 2 is 2.05 bits per heavy atom. The number of hydrogen-bond donors (Lipinski definition) is 0. The summed E-state index contributed by atoms with van der Waals surface area (Å²) in [7, 11) is 0. The Labute approximate surface area is 114 Å². The van der Waals surface area contributed by atoms with Crippen molar-refractivity contribution in [1.82, 2.24) is 0 Å². The summed E-state index contributed by atoms with van der Waals surface area (Å²) in [4.78, 5) is 9.42. The second-order valence-electron chi connectivity index (χ2n) is 4.21. The van der Waals surface area contributed by atoms with Crippen LogP contribution in [0.5, 0.6) is 5.75 Å². The van der Waals surface area contributed by atoms with E-state index in [4.69, 9.17) is 16.3 Å². The molecular weight excluding hydrogens is 280 g/mol. The minimum Gasteiger partial charge on any atom is -0.490 e. The maximum Gasteiger partial charge on any atom is 0.307 e. The number of rotatable bonds is 7. The molecule has 1 aromatic carbocycles. The van der Waals surface area contributed by atoms with E-state index in [2.05, 4.69) is 0 Å². The molecule has 1 rings (SSSR count). The lowest BCUT2D eigenvalue weighted by molar-refractivity contribution is -0.387. The topological polar surface area (TPSA) is 52.4 Å². The summed E-state index contributed by atoms with van der Waals surface area (Å²) >= 11 is 5.57. The van der Waals surface area contributed by atoms with Gasteiger partial charge in [0.05, 0.1) is 17.6 Å². The molecule has 106 valence electrons. The third-order valence-corrected chi connectivity index (χ3v) is 2.89. The highest BCUT2D eigenvalue weighted by Gasteiger charge is 2.19. The van der Waals surface area contributed by atoms with Crippen LogP contribution in [0.2, 0.25) is 0 Å². The van der Waals surface area contributed by atoms with Crippen LogP contribution in [0.4, 0.5) is 14.5 Å². The highest BCUT2D eigenvalue weighted by molar-refractivity contribution is 6.17. The standard InChI is InChI=1S/C12H14ClF2NO3/c1-8(2-4-13)3-5-19-12-7-9(14)11(16(17)18)6-10(12)15/h6-8H,2-5H2,1H3. The van der Waals surface area contributed by atoms with Gasteiger partial charge < -0.3 is 4.74 Å². The van der Waals surface area contributed by atoms with Gasteiger partial charge >= 0.3 is 5.69 Å². The summed E-state index contributed by atoms with van der Waals surface area (Å²) in [6.45, 7) is 2.17. The number of alkyl halides is 1. The van der Waals surface area contributed by atoms with Crippen molar-refractivity contribution >= 4 is 17.3 Å². The number of hydrogen-bond acceptors (Lipinski definition) is 3. The molecule has 0 saturated heterocycles. The summed E-state index contributed by atoms with van der Waals surface area (Å²) < 4.78 is 31.8. The molecule has 7 heteroatoms. The van der Waals surface area contributed by atoms with E-state index in [1.807, 2.05) is 6.92 Å². The first-order chi connectivity index (χ1) is 8.95. The number of ether oxygens (including phenoxy) is 1. The van der Waals surface area contributed by atoms with Crippen molar-refractivity contribution in [3.05, 3.63) is 33.9 Å². The highest BCUT2D eigenvalue weighted by Crippen LogP contribution is 2.26. The number of nitro groups is 1. The van der Waals surface area contributed by atoms with Crippen molar-refractivity contribution in [2.24, 2.45) is 5.92 Å². The quantitative estimate of drug-likeness (QED) is 0.435. The Kier molecular flexibility index (Phi) is 5.95. The van der Waals surface area contributed by atoms with Gasteiger partial charge in [0.2, 0.25) is 5.82 Å². The molecule has 0 radical (unpaired) electrons. The van der Waals surface area contributed by atoms with Gasteiger partial charge in [0.15, 0.2) is 11.6 Å². The minimum absolute atomic E-state index is 0.201. The van der Waals surface area contributed by atoms with Crippen LogP contribution in [0.15, 0.2) is 12.1 Å². The molecule has 1 unspecified atom stereocenters. The molecule has 0 spiro atoms. The Morgan fingerprint density at radius 3 is 2.63 bits per heavy atom. The fourth-order valence-electron chi connectivity index (χ4n) is 1.47. The summed E-state index contributed by atoms with van der Waals surface area (Å²) in [5, 5.41) is 10.4. The van der Waals surface area contributed by atoms with Crippen LogP contribution in [-0.4, -0.2) is 17.4 Å². The molecule has 0 bridgehead atoms. The zero-order valence-corrected chi connectivity index (χ0v) is 11.1. The molecule has 19 heavy (non-hydrogen) atoms. The molecule has 0 aliphatic heterocycles.